The molecule has 0 atom stereocenters. The molecule has 8 nitrogen and oxygen atoms in total. The normalized spacial score (nSPS) is 8.78. The number of hydrogen-bond acceptors (Lipinski definition) is 6. The maximum Gasteiger partial charge on any atom is 2.00 e. The van der Waals surface area contributed by atoms with Crippen molar-refractivity contribution in [1.82, 2.24) is 11.0 Å². The minimum Gasteiger partial charge on any atom is -0.872 e. The Kier molecular flexibility index (Phi) is 9.05. The maximum atomic E-state index is 10.8. The molecular weight excluding hydrogens is 348 g/mol. The van der Waals surface area contributed by atoms with Crippen molar-refractivity contribution in [2.45, 2.75) is 0 Å². The topological polar surface area (TPSA) is 145 Å². The van der Waals surface area contributed by atoms with Crippen LogP contribution in [-0.4, -0.2) is 22.2 Å². The number of hydrogen-bond donors (Lipinski definition) is 4. The van der Waals surface area contributed by atoms with Gasteiger partial charge in [0.2, 0.25) is 0 Å². The maximum absolute atomic E-state index is 10.8. The summed E-state index contributed by atoms with van der Waals surface area (Å²) in [5, 5.41) is 38.0. The molecule has 0 aliphatic heterocycles. The van der Waals surface area contributed by atoms with Crippen LogP contribution in [0, 0.1) is 0 Å². The summed E-state index contributed by atoms with van der Waals surface area (Å²) in [5.74, 6) is -2.37. The van der Waals surface area contributed by atoms with Crippen LogP contribution in [0.1, 0.15) is 20.7 Å². The van der Waals surface area contributed by atoms with Gasteiger partial charge in [0, 0.05) is 11.1 Å². The summed E-state index contributed by atoms with van der Waals surface area (Å²) in [6.07, 6.45) is 0. The number of nitrogens with one attached hydrogen (secondary N) is 2. The van der Waals surface area contributed by atoms with Crippen molar-refractivity contribution < 1.29 is 47.3 Å². The molecule has 23 heavy (non-hydrogen) atoms. The standard InChI is InChI=1S/2C7H7NO3.Fe/c2*9-6-4-2-1-3-5(6)7(10)8-11;/h2*1-4,9,11H,(H,8,10);/q;;+2/p-2. The van der Waals surface area contributed by atoms with E-state index in [0.717, 1.165) is 0 Å². The second-order valence-electron chi connectivity index (χ2n) is 3.87. The van der Waals surface area contributed by atoms with E-state index in [4.69, 9.17) is 10.4 Å². The molecule has 2 amide bonds. The molecule has 0 aliphatic carbocycles. The Morgan fingerprint density at radius 1 is 0.739 bits per heavy atom. The van der Waals surface area contributed by atoms with E-state index < -0.39 is 23.3 Å². The number of carbonyl (C=O) groups is 2. The van der Waals surface area contributed by atoms with Gasteiger partial charge in [-0.3, -0.25) is 20.0 Å². The largest absolute Gasteiger partial charge is 2.00 e. The van der Waals surface area contributed by atoms with Gasteiger partial charge in [-0.05, 0) is 0 Å². The van der Waals surface area contributed by atoms with Crippen LogP contribution in [0.3, 0.4) is 0 Å². The van der Waals surface area contributed by atoms with Crippen molar-refractivity contribution in [3.63, 3.8) is 0 Å². The zero-order valence-electron chi connectivity index (χ0n) is 11.5. The van der Waals surface area contributed by atoms with Crippen molar-refractivity contribution in [1.29, 1.82) is 0 Å². The Hall–Kier alpha value is -2.58. The van der Waals surface area contributed by atoms with Crippen LogP contribution in [-0.2, 0) is 17.1 Å². The average Bonchev–Trinajstić information content (AvgIpc) is 2.55. The Morgan fingerprint density at radius 2 is 1.04 bits per heavy atom. The third kappa shape index (κ3) is 5.97. The second-order valence-corrected chi connectivity index (χ2v) is 3.87. The molecule has 122 valence electrons. The molecule has 0 bridgehead atoms. The molecule has 0 fully saturated rings. The molecule has 0 aliphatic rings. The van der Waals surface area contributed by atoms with Crippen LogP contribution < -0.4 is 21.2 Å². The first-order chi connectivity index (χ1) is 10.5. The summed E-state index contributed by atoms with van der Waals surface area (Å²) in [4.78, 5) is 21.3. The Morgan fingerprint density at radius 3 is 1.30 bits per heavy atom. The SMILES string of the molecule is O=C(NO)c1ccccc1[O-].O=C(NO)c1ccccc1[O-].[Fe+2]. The molecule has 2 aromatic carbocycles. The smallest absolute Gasteiger partial charge is 0.872 e. The molecule has 0 spiro atoms. The van der Waals surface area contributed by atoms with Crippen LogP contribution in [0.25, 0.3) is 0 Å². The monoisotopic (exact) mass is 360 g/mol. The van der Waals surface area contributed by atoms with E-state index in [1.165, 1.54) is 47.4 Å². The minimum atomic E-state index is -0.782. The van der Waals surface area contributed by atoms with Crippen molar-refractivity contribution >= 4 is 11.8 Å². The van der Waals surface area contributed by atoms with Gasteiger partial charge in [0.25, 0.3) is 11.8 Å². The van der Waals surface area contributed by atoms with E-state index in [1.54, 1.807) is 12.1 Å². The zero-order chi connectivity index (χ0) is 16.5. The number of para-hydroxylation sites is 2. The van der Waals surface area contributed by atoms with E-state index in [1.807, 2.05) is 0 Å². The van der Waals surface area contributed by atoms with Crippen molar-refractivity contribution in [2.75, 3.05) is 0 Å². The number of hydroxylamine groups is 2. The number of benzene rings is 2. The molecule has 0 radical (unpaired) electrons. The molecule has 0 saturated carbocycles. The fraction of sp³-hybridized carbons (Fsp3) is 0. The van der Waals surface area contributed by atoms with E-state index in [9.17, 15) is 19.8 Å². The summed E-state index contributed by atoms with van der Waals surface area (Å²) in [7, 11) is 0. The van der Waals surface area contributed by atoms with Crippen LogP contribution in [0.15, 0.2) is 48.5 Å². The Balaban J connectivity index is 0.000000403. The zero-order valence-corrected chi connectivity index (χ0v) is 12.6. The van der Waals surface area contributed by atoms with Gasteiger partial charge in [0.15, 0.2) is 0 Å². The van der Waals surface area contributed by atoms with Gasteiger partial charge in [0.05, 0.1) is 0 Å². The van der Waals surface area contributed by atoms with E-state index in [-0.39, 0.29) is 28.2 Å². The molecule has 0 heterocycles. The Labute approximate surface area is 141 Å². The number of amides is 2. The molecule has 0 unspecified atom stereocenters. The van der Waals surface area contributed by atoms with E-state index in [0.29, 0.717) is 0 Å². The average molecular weight is 360 g/mol. The van der Waals surface area contributed by atoms with Gasteiger partial charge in [0.1, 0.15) is 0 Å². The fourth-order valence-electron chi connectivity index (χ4n) is 1.43. The second kappa shape index (κ2) is 10.2. The van der Waals surface area contributed by atoms with Crippen LogP contribution in [0.2, 0.25) is 0 Å². The van der Waals surface area contributed by atoms with Gasteiger partial charge >= 0.3 is 17.1 Å². The first-order valence-corrected chi connectivity index (χ1v) is 5.92. The molecule has 2 rings (SSSR count). The van der Waals surface area contributed by atoms with Crippen molar-refractivity contribution in [3.05, 3.63) is 59.7 Å². The van der Waals surface area contributed by atoms with E-state index >= 15 is 0 Å². The molecule has 2 aromatic rings. The first-order valence-electron chi connectivity index (χ1n) is 5.92. The number of rotatable bonds is 2. The van der Waals surface area contributed by atoms with Crippen LogP contribution >= 0.6 is 0 Å². The molecule has 4 N–H and O–H groups in total. The molecule has 0 saturated heterocycles. The summed E-state index contributed by atoms with van der Waals surface area (Å²) >= 11 is 0. The van der Waals surface area contributed by atoms with Crippen molar-refractivity contribution in [3.8, 4) is 11.5 Å². The summed E-state index contributed by atoms with van der Waals surface area (Å²) < 4.78 is 0. The summed E-state index contributed by atoms with van der Waals surface area (Å²) in [6.45, 7) is 0. The third-order valence-electron chi connectivity index (χ3n) is 2.47. The third-order valence-corrected chi connectivity index (χ3v) is 2.47. The van der Waals surface area contributed by atoms with Crippen LogP contribution in [0.5, 0.6) is 11.5 Å². The quantitative estimate of drug-likeness (QED) is 0.330. The predicted molar refractivity (Wildman–Crippen MR) is 70.3 cm³/mol. The van der Waals surface area contributed by atoms with Gasteiger partial charge in [-0.1, -0.05) is 60.0 Å². The Bertz CT molecular complexity index is 608. The molecular formula is C14H12FeN2O6. The van der Waals surface area contributed by atoms with Crippen molar-refractivity contribution in [2.24, 2.45) is 0 Å². The van der Waals surface area contributed by atoms with Crippen LogP contribution in [0.4, 0.5) is 0 Å². The summed E-state index contributed by atoms with van der Waals surface area (Å²) in [5.41, 5.74) is 2.65. The van der Waals surface area contributed by atoms with E-state index in [2.05, 4.69) is 0 Å². The van der Waals surface area contributed by atoms with Gasteiger partial charge in [-0.15, -0.1) is 0 Å². The summed E-state index contributed by atoms with van der Waals surface area (Å²) in [6, 6.07) is 11.3. The predicted octanol–water partition coefficient (Wildman–Crippen LogP) is -0.244. The minimum absolute atomic E-state index is 0. The van der Waals surface area contributed by atoms with Gasteiger partial charge in [-0.25, -0.2) is 11.0 Å². The number of carbonyl (C=O) groups excluding carboxylic acids is 2. The first kappa shape index (κ1) is 20.4. The fourth-order valence-corrected chi connectivity index (χ4v) is 1.43. The van der Waals surface area contributed by atoms with Gasteiger partial charge in [-0.2, -0.15) is 0 Å². The molecule has 0 aromatic heterocycles. The molecule has 9 heteroatoms. The van der Waals surface area contributed by atoms with Gasteiger partial charge < -0.3 is 10.2 Å².